The Balaban J connectivity index is 2.15. The summed E-state index contributed by atoms with van der Waals surface area (Å²) >= 11 is 6.05. The molecule has 10 heteroatoms. The summed E-state index contributed by atoms with van der Waals surface area (Å²) in [5.41, 5.74) is 2.05. The van der Waals surface area contributed by atoms with Gasteiger partial charge in [-0.15, -0.1) is 0 Å². The molecule has 0 aliphatic heterocycles. The quantitative estimate of drug-likeness (QED) is 0.658. The first-order chi connectivity index (χ1) is 13.2. The third kappa shape index (κ3) is 3.55. The van der Waals surface area contributed by atoms with E-state index < -0.39 is 10.0 Å². The molecular weight excluding hydrogens is 402 g/mol. The summed E-state index contributed by atoms with van der Waals surface area (Å²) < 4.78 is 29.6. The highest BCUT2D eigenvalue weighted by Crippen LogP contribution is 2.27. The fourth-order valence-corrected chi connectivity index (χ4v) is 4.46. The van der Waals surface area contributed by atoms with Crippen LogP contribution in [0.4, 0.5) is 5.82 Å². The van der Waals surface area contributed by atoms with Gasteiger partial charge in [-0.05, 0) is 39.3 Å². The van der Waals surface area contributed by atoms with Gasteiger partial charge in [0, 0.05) is 16.8 Å². The van der Waals surface area contributed by atoms with Crippen molar-refractivity contribution < 1.29 is 8.42 Å². The third-order valence-corrected chi connectivity index (χ3v) is 6.32. The number of aromatic amines is 1. The molecule has 0 aliphatic carbocycles. The number of hydrogen-bond acceptors (Lipinski definition) is 5. The number of H-pyrrole nitrogens is 1. The van der Waals surface area contributed by atoms with E-state index in [1.165, 1.54) is 16.8 Å². The molecule has 0 fully saturated rings. The molecular formula is C18H20ClN5O3S. The monoisotopic (exact) mass is 421 g/mol. The molecule has 0 saturated carbocycles. The molecule has 3 aromatic rings. The smallest absolute Gasteiger partial charge is 0.264 e. The van der Waals surface area contributed by atoms with E-state index in [4.69, 9.17) is 11.6 Å². The molecule has 2 heterocycles. The number of hydrogen-bond donors (Lipinski definition) is 2. The Labute approximate surface area is 167 Å². The van der Waals surface area contributed by atoms with E-state index in [2.05, 4.69) is 19.8 Å². The van der Waals surface area contributed by atoms with Crippen LogP contribution in [0, 0.1) is 20.8 Å². The number of aromatic nitrogens is 4. The molecule has 148 valence electrons. The van der Waals surface area contributed by atoms with Crippen LogP contribution in [0.25, 0.3) is 5.95 Å². The summed E-state index contributed by atoms with van der Waals surface area (Å²) in [5.74, 6) is 0.317. The van der Waals surface area contributed by atoms with Gasteiger partial charge < -0.3 is 0 Å². The highest BCUT2D eigenvalue weighted by Gasteiger charge is 2.24. The lowest BCUT2D eigenvalue weighted by molar-refractivity contribution is 0.600. The SMILES string of the molecule is CCc1c(C)nc(-n2nc(C)c(C)c2NS(=O)(=O)c2ccccc2Cl)[nH]c1=O. The van der Waals surface area contributed by atoms with Gasteiger partial charge in [0.1, 0.15) is 10.7 Å². The second-order valence-electron chi connectivity index (χ2n) is 6.31. The molecule has 1 aromatic carbocycles. The van der Waals surface area contributed by atoms with Crippen molar-refractivity contribution in [3.63, 3.8) is 0 Å². The standard InChI is InChI=1S/C18H20ClN5O3S/c1-5-13-12(4)20-18(21-17(13)25)24-16(10(2)11(3)22-24)23-28(26,27)15-9-7-6-8-14(15)19/h6-9,23H,5H2,1-4H3,(H,20,21,25). The van der Waals surface area contributed by atoms with Crippen LogP contribution in [-0.4, -0.2) is 28.2 Å². The molecule has 0 saturated heterocycles. The van der Waals surface area contributed by atoms with E-state index in [0.717, 1.165) is 0 Å². The minimum absolute atomic E-state index is 0.0552. The Bertz CT molecular complexity index is 1210. The van der Waals surface area contributed by atoms with Crippen molar-refractivity contribution in [2.24, 2.45) is 0 Å². The molecule has 0 aliphatic rings. The van der Waals surface area contributed by atoms with E-state index >= 15 is 0 Å². The van der Waals surface area contributed by atoms with Crippen LogP contribution >= 0.6 is 11.6 Å². The number of nitrogens with zero attached hydrogens (tertiary/aromatic N) is 3. The maximum absolute atomic E-state index is 12.9. The molecule has 2 N–H and O–H groups in total. The summed E-state index contributed by atoms with van der Waals surface area (Å²) in [7, 11) is -3.98. The van der Waals surface area contributed by atoms with Gasteiger partial charge in [-0.1, -0.05) is 30.7 Å². The van der Waals surface area contributed by atoms with Crippen LogP contribution in [0.15, 0.2) is 34.0 Å². The first kappa shape index (κ1) is 20.1. The number of rotatable bonds is 5. The van der Waals surface area contributed by atoms with Crippen molar-refractivity contribution in [3.05, 3.63) is 62.2 Å². The van der Waals surface area contributed by atoms with Gasteiger partial charge in [0.15, 0.2) is 0 Å². The van der Waals surface area contributed by atoms with E-state index in [1.807, 2.05) is 6.92 Å². The van der Waals surface area contributed by atoms with Gasteiger partial charge >= 0.3 is 0 Å². The Morgan fingerprint density at radius 1 is 1.18 bits per heavy atom. The Hall–Kier alpha value is -2.65. The predicted octanol–water partition coefficient (Wildman–Crippen LogP) is 2.90. The first-order valence-electron chi connectivity index (χ1n) is 8.59. The Kier molecular flexibility index (Phi) is 5.31. The van der Waals surface area contributed by atoms with E-state index in [-0.39, 0.29) is 27.2 Å². The van der Waals surface area contributed by atoms with Crippen LogP contribution in [-0.2, 0) is 16.4 Å². The van der Waals surface area contributed by atoms with Gasteiger partial charge in [0.25, 0.3) is 15.6 Å². The van der Waals surface area contributed by atoms with E-state index in [0.29, 0.717) is 28.9 Å². The molecule has 0 atom stereocenters. The number of benzene rings is 1. The second kappa shape index (κ2) is 7.40. The van der Waals surface area contributed by atoms with Crippen LogP contribution < -0.4 is 10.3 Å². The molecule has 0 radical (unpaired) electrons. The first-order valence-corrected chi connectivity index (χ1v) is 10.5. The average molecular weight is 422 g/mol. The van der Waals surface area contributed by atoms with Crippen LogP contribution in [0.1, 0.15) is 29.4 Å². The average Bonchev–Trinajstić information content (AvgIpc) is 2.89. The molecule has 0 spiro atoms. The minimum atomic E-state index is -3.98. The van der Waals surface area contributed by atoms with Gasteiger partial charge in [-0.25, -0.2) is 13.4 Å². The van der Waals surface area contributed by atoms with Crippen LogP contribution in [0.3, 0.4) is 0 Å². The Morgan fingerprint density at radius 2 is 1.86 bits per heavy atom. The van der Waals surface area contributed by atoms with Gasteiger partial charge in [-0.2, -0.15) is 9.78 Å². The number of anilines is 1. The number of sulfonamides is 1. The number of aryl methyl sites for hydroxylation is 2. The van der Waals surface area contributed by atoms with Crippen LogP contribution in [0.2, 0.25) is 5.02 Å². The number of halogens is 1. The largest absolute Gasteiger partial charge is 0.291 e. The van der Waals surface area contributed by atoms with Crippen molar-refractivity contribution in [1.82, 2.24) is 19.7 Å². The normalized spacial score (nSPS) is 11.6. The zero-order chi connectivity index (χ0) is 20.6. The maximum Gasteiger partial charge on any atom is 0.264 e. The zero-order valence-electron chi connectivity index (χ0n) is 15.9. The lowest BCUT2D eigenvalue weighted by Gasteiger charge is -2.13. The molecule has 2 aromatic heterocycles. The van der Waals surface area contributed by atoms with Crippen molar-refractivity contribution in [2.45, 2.75) is 39.0 Å². The highest BCUT2D eigenvalue weighted by atomic mass is 35.5. The van der Waals surface area contributed by atoms with E-state index in [1.54, 1.807) is 32.9 Å². The van der Waals surface area contributed by atoms with Gasteiger partial charge in [0.05, 0.1) is 10.7 Å². The molecule has 8 nitrogen and oxygen atoms in total. The highest BCUT2D eigenvalue weighted by molar-refractivity contribution is 7.92. The van der Waals surface area contributed by atoms with Crippen molar-refractivity contribution in [2.75, 3.05) is 4.72 Å². The predicted molar refractivity (Wildman–Crippen MR) is 108 cm³/mol. The zero-order valence-corrected chi connectivity index (χ0v) is 17.4. The maximum atomic E-state index is 12.9. The topological polar surface area (TPSA) is 110 Å². The molecule has 0 unspecified atom stereocenters. The lowest BCUT2D eigenvalue weighted by Crippen LogP contribution is -2.22. The third-order valence-electron chi connectivity index (χ3n) is 4.48. The lowest BCUT2D eigenvalue weighted by atomic mass is 10.2. The minimum Gasteiger partial charge on any atom is -0.291 e. The molecule has 0 amide bonds. The summed E-state index contributed by atoms with van der Waals surface area (Å²) in [5, 5.41) is 4.44. The van der Waals surface area contributed by atoms with E-state index in [9.17, 15) is 13.2 Å². The number of nitrogens with one attached hydrogen (secondary N) is 2. The summed E-state index contributed by atoms with van der Waals surface area (Å²) in [6.45, 7) is 7.07. The van der Waals surface area contributed by atoms with Gasteiger partial charge in [0.2, 0.25) is 5.95 Å². The fraction of sp³-hybridized carbons (Fsp3) is 0.278. The Morgan fingerprint density at radius 3 is 2.46 bits per heavy atom. The molecule has 0 bridgehead atoms. The molecule has 3 rings (SSSR count). The summed E-state index contributed by atoms with van der Waals surface area (Å²) in [6.07, 6.45) is 0.539. The van der Waals surface area contributed by atoms with Crippen molar-refractivity contribution >= 4 is 27.4 Å². The van der Waals surface area contributed by atoms with Crippen molar-refractivity contribution in [3.8, 4) is 5.95 Å². The van der Waals surface area contributed by atoms with Gasteiger partial charge in [-0.3, -0.25) is 14.5 Å². The fourth-order valence-electron chi connectivity index (χ4n) is 2.84. The van der Waals surface area contributed by atoms with Crippen LogP contribution in [0.5, 0.6) is 0 Å². The summed E-state index contributed by atoms with van der Waals surface area (Å²) in [4.78, 5) is 19.3. The molecule has 28 heavy (non-hydrogen) atoms. The van der Waals surface area contributed by atoms with Crippen molar-refractivity contribution in [1.29, 1.82) is 0 Å². The second-order valence-corrected chi connectivity index (χ2v) is 8.37. The summed E-state index contributed by atoms with van der Waals surface area (Å²) in [6, 6.07) is 6.14.